The topological polar surface area (TPSA) is 32.3 Å². The Hall–Kier alpha value is -1.00. The van der Waals surface area contributed by atoms with Gasteiger partial charge in [-0.05, 0) is 44.5 Å². The van der Waals surface area contributed by atoms with E-state index in [1.54, 1.807) is 0 Å². The van der Waals surface area contributed by atoms with Crippen LogP contribution < -0.4 is 5.32 Å². The van der Waals surface area contributed by atoms with Gasteiger partial charge in [0.25, 0.3) is 5.91 Å². The van der Waals surface area contributed by atoms with Crippen LogP contribution in [0.4, 0.5) is 0 Å². The molecule has 0 unspecified atom stereocenters. The quantitative estimate of drug-likeness (QED) is 0.798. The monoisotopic (exact) mass is 264 g/mol. The number of rotatable bonds is 5. The maximum atomic E-state index is 12.0. The molecule has 0 aliphatic heterocycles. The Kier molecular flexibility index (Phi) is 4.30. The minimum Gasteiger partial charge on any atom is -0.351 e. The van der Waals surface area contributed by atoms with E-state index in [1.165, 1.54) is 12.8 Å². The minimum absolute atomic E-state index is 0.00685. The molecule has 0 bridgehead atoms. The van der Waals surface area contributed by atoms with Gasteiger partial charge >= 0.3 is 0 Å². The van der Waals surface area contributed by atoms with E-state index in [-0.39, 0.29) is 5.91 Å². The van der Waals surface area contributed by atoms with Gasteiger partial charge in [0.2, 0.25) is 0 Å². The summed E-state index contributed by atoms with van der Waals surface area (Å²) >= 11 is 4.27. The van der Waals surface area contributed by atoms with Crippen molar-refractivity contribution in [1.29, 1.82) is 0 Å². The number of carbonyl (C=O) groups is 1. The second-order valence-electron chi connectivity index (χ2n) is 4.97. The molecule has 0 heterocycles. The maximum absolute atomic E-state index is 12.0. The lowest BCUT2D eigenvalue weighted by molar-refractivity contribution is 0.0948. The zero-order valence-electron chi connectivity index (χ0n) is 10.9. The summed E-state index contributed by atoms with van der Waals surface area (Å²) in [5, 5.41) is 2.97. The van der Waals surface area contributed by atoms with Gasteiger partial charge in [0.05, 0.1) is 0 Å². The Morgan fingerprint density at radius 2 is 2.22 bits per heavy atom. The first-order valence-electron chi connectivity index (χ1n) is 6.36. The van der Waals surface area contributed by atoms with E-state index in [4.69, 9.17) is 0 Å². The van der Waals surface area contributed by atoms with Gasteiger partial charge in [-0.25, -0.2) is 0 Å². The smallest absolute Gasteiger partial charge is 0.251 e. The minimum atomic E-state index is -0.00685. The number of nitrogens with zero attached hydrogens (tertiary/aromatic N) is 1. The van der Waals surface area contributed by atoms with Crippen molar-refractivity contribution in [2.24, 2.45) is 0 Å². The highest BCUT2D eigenvalue weighted by molar-refractivity contribution is 7.80. The Bertz CT molecular complexity index is 443. The molecule has 2 rings (SSSR count). The zero-order chi connectivity index (χ0) is 13.1. The predicted octanol–water partition coefficient (Wildman–Crippen LogP) is 2.11. The first-order valence-corrected chi connectivity index (χ1v) is 6.80. The van der Waals surface area contributed by atoms with E-state index in [1.807, 2.05) is 25.1 Å². The number of nitrogens with one attached hydrogen (secondary N) is 1. The molecule has 3 nitrogen and oxygen atoms in total. The molecule has 0 atom stereocenters. The number of carbonyl (C=O) groups excluding carboxylic acids is 1. The van der Waals surface area contributed by atoms with Gasteiger partial charge in [0, 0.05) is 29.6 Å². The van der Waals surface area contributed by atoms with Crippen molar-refractivity contribution in [3.05, 3.63) is 29.3 Å². The van der Waals surface area contributed by atoms with Gasteiger partial charge in [0.15, 0.2) is 0 Å². The molecule has 4 heteroatoms. The van der Waals surface area contributed by atoms with Crippen LogP contribution in [0.1, 0.15) is 28.8 Å². The lowest BCUT2D eigenvalue weighted by Crippen LogP contribution is -2.34. The second kappa shape index (κ2) is 5.76. The molecular formula is C14H20N2OS. The molecular weight excluding hydrogens is 244 g/mol. The summed E-state index contributed by atoms with van der Waals surface area (Å²) in [6.45, 7) is 3.55. The van der Waals surface area contributed by atoms with E-state index in [0.717, 1.165) is 28.6 Å². The molecule has 1 aromatic rings. The largest absolute Gasteiger partial charge is 0.351 e. The summed E-state index contributed by atoms with van der Waals surface area (Å²) in [6, 6.07) is 6.38. The van der Waals surface area contributed by atoms with Crippen molar-refractivity contribution in [3.63, 3.8) is 0 Å². The third-order valence-electron chi connectivity index (χ3n) is 3.39. The van der Waals surface area contributed by atoms with E-state index in [2.05, 4.69) is 29.9 Å². The molecule has 98 valence electrons. The summed E-state index contributed by atoms with van der Waals surface area (Å²) in [7, 11) is 2.11. The van der Waals surface area contributed by atoms with Gasteiger partial charge in [-0.2, -0.15) is 0 Å². The average molecular weight is 264 g/mol. The summed E-state index contributed by atoms with van der Waals surface area (Å²) in [5.41, 5.74) is 1.71. The number of likely N-dealkylation sites (N-methyl/N-ethyl adjacent to an activating group) is 1. The highest BCUT2D eigenvalue weighted by atomic mass is 32.1. The van der Waals surface area contributed by atoms with E-state index in [0.29, 0.717) is 6.54 Å². The van der Waals surface area contributed by atoms with Crippen LogP contribution in [0.25, 0.3) is 0 Å². The zero-order valence-corrected chi connectivity index (χ0v) is 11.8. The lowest BCUT2D eigenvalue weighted by atomic mass is 10.1. The molecule has 0 aromatic heterocycles. The second-order valence-corrected chi connectivity index (χ2v) is 5.48. The molecule has 1 aliphatic carbocycles. The Labute approximate surface area is 114 Å². The standard InChI is InChI=1S/C14H20N2OS/c1-10-3-6-12(18)9-13(10)14(17)15-7-8-16(2)11-4-5-11/h3,6,9,11,18H,4-5,7-8H2,1-2H3,(H,15,17). The fourth-order valence-corrected chi connectivity index (χ4v) is 2.20. The number of aryl methyl sites for hydroxylation is 1. The summed E-state index contributed by atoms with van der Waals surface area (Å²) < 4.78 is 0. The predicted molar refractivity (Wildman–Crippen MR) is 76.4 cm³/mol. The molecule has 1 N–H and O–H groups in total. The van der Waals surface area contributed by atoms with Crippen LogP contribution in [0.5, 0.6) is 0 Å². The van der Waals surface area contributed by atoms with E-state index >= 15 is 0 Å². The Morgan fingerprint density at radius 1 is 1.50 bits per heavy atom. The molecule has 0 saturated heterocycles. The van der Waals surface area contributed by atoms with Crippen LogP contribution in [0.2, 0.25) is 0 Å². The third kappa shape index (κ3) is 3.50. The van der Waals surface area contributed by atoms with Gasteiger partial charge < -0.3 is 10.2 Å². The molecule has 0 spiro atoms. The fraction of sp³-hybridized carbons (Fsp3) is 0.500. The molecule has 0 radical (unpaired) electrons. The van der Waals surface area contributed by atoms with Crippen LogP contribution in [-0.2, 0) is 0 Å². The summed E-state index contributed by atoms with van der Waals surface area (Å²) in [5.74, 6) is -0.00685. The SMILES string of the molecule is Cc1ccc(S)cc1C(=O)NCCN(C)C1CC1. The molecule has 1 aromatic carbocycles. The van der Waals surface area contributed by atoms with Crippen LogP contribution in [0.15, 0.2) is 23.1 Å². The van der Waals surface area contributed by atoms with Crippen LogP contribution in [-0.4, -0.2) is 37.0 Å². The Morgan fingerprint density at radius 3 is 2.89 bits per heavy atom. The van der Waals surface area contributed by atoms with Gasteiger partial charge in [-0.3, -0.25) is 4.79 Å². The maximum Gasteiger partial charge on any atom is 0.251 e. The first-order chi connectivity index (χ1) is 8.58. The highest BCUT2D eigenvalue weighted by Gasteiger charge is 2.25. The average Bonchev–Trinajstić information content (AvgIpc) is 3.16. The van der Waals surface area contributed by atoms with Gasteiger partial charge in [0.1, 0.15) is 0 Å². The third-order valence-corrected chi connectivity index (χ3v) is 3.66. The van der Waals surface area contributed by atoms with Crippen molar-refractivity contribution in [2.45, 2.75) is 30.7 Å². The summed E-state index contributed by atoms with van der Waals surface area (Å²) in [4.78, 5) is 15.1. The lowest BCUT2D eigenvalue weighted by Gasteiger charge is -2.16. The number of hydrogen-bond donors (Lipinski definition) is 2. The van der Waals surface area contributed by atoms with Crippen molar-refractivity contribution in [1.82, 2.24) is 10.2 Å². The highest BCUT2D eigenvalue weighted by Crippen LogP contribution is 2.24. The molecule has 18 heavy (non-hydrogen) atoms. The van der Waals surface area contributed by atoms with Crippen molar-refractivity contribution < 1.29 is 4.79 Å². The van der Waals surface area contributed by atoms with Crippen molar-refractivity contribution in [2.75, 3.05) is 20.1 Å². The summed E-state index contributed by atoms with van der Waals surface area (Å²) in [6.07, 6.45) is 2.59. The van der Waals surface area contributed by atoms with Gasteiger partial charge in [-0.1, -0.05) is 6.07 Å². The molecule has 1 saturated carbocycles. The number of hydrogen-bond acceptors (Lipinski definition) is 3. The normalized spacial score (nSPS) is 14.9. The first kappa shape index (κ1) is 13.4. The Balaban J connectivity index is 1.85. The fourth-order valence-electron chi connectivity index (χ4n) is 1.99. The van der Waals surface area contributed by atoms with E-state index in [9.17, 15) is 4.79 Å². The van der Waals surface area contributed by atoms with Gasteiger partial charge in [-0.15, -0.1) is 12.6 Å². The number of benzene rings is 1. The number of thiol groups is 1. The van der Waals surface area contributed by atoms with Crippen LogP contribution in [0.3, 0.4) is 0 Å². The van der Waals surface area contributed by atoms with Crippen LogP contribution >= 0.6 is 12.6 Å². The molecule has 1 aliphatic rings. The van der Waals surface area contributed by atoms with Crippen molar-refractivity contribution >= 4 is 18.5 Å². The van der Waals surface area contributed by atoms with Crippen molar-refractivity contribution in [3.8, 4) is 0 Å². The van der Waals surface area contributed by atoms with Crippen LogP contribution in [0, 0.1) is 6.92 Å². The van der Waals surface area contributed by atoms with E-state index < -0.39 is 0 Å². The number of amides is 1. The molecule has 1 amide bonds. The molecule has 1 fully saturated rings.